The molecule has 2 aromatic rings. The van der Waals surface area contributed by atoms with Gasteiger partial charge < -0.3 is 15.4 Å². The van der Waals surface area contributed by atoms with Crippen LogP contribution in [0.4, 0.5) is 21.5 Å². The van der Waals surface area contributed by atoms with Gasteiger partial charge in [-0.1, -0.05) is 11.6 Å². The quantitative estimate of drug-likeness (QED) is 0.613. The molecule has 0 radical (unpaired) electrons. The number of carbonyl (C=O) groups is 1. The Morgan fingerprint density at radius 2 is 2.04 bits per heavy atom. The van der Waals surface area contributed by atoms with E-state index in [9.17, 15) is 19.3 Å². The van der Waals surface area contributed by atoms with Crippen molar-refractivity contribution >= 4 is 34.6 Å². The summed E-state index contributed by atoms with van der Waals surface area (Å²) in [6.45, 7) is -0.189. The van der Waals surface area contributed by atoms with E-state index in [1.165, 1.54) is 37.4 Å². The molecule has 0 aliphatic heterocycles. The van der Waals surface area contributed by atoms with E-state index in [0.717, 1.165) is 6.07 Å². The van der Waals surface area contributed by atoms with E-state index >= 15 is 0 Å². The van der Waals surface area contributed by atoms with E-state index < -0.39 is 16.6 Å². The van der Waals surface area contributed by atoms with Crippen LogP contribution in [0, 0.1) is 15.9 Å². The maximum atomic E-state index is 13.0. The van der Waals surface area contributed by atoms with Crippen molar-refractivity contribution in [2.45, 2.75) is 0 Å². The van der Waals surface area contributed by atoms with Crippen molar-refractivity contribution in [3.63, 3.8) is 0 Å². The monoisotopic (exact) mass is 353 g/mol. The Morgan fingerprint density at radius 3 is 2.67 bits per heavy atom. The number of benzene rings is 2. The lowest BCUT2D eigenvalue weighted by Crippen LogP contribution is -2.22. The lowest BCUT2D eigenvalue weighted by molar-refractivity contribution is -0.384. The molecule has 0 aromatic heterocycles. The molecule has 7 nitrogen and oxygen atoms in total. The molecular formula is C15H13ClFN3O4. The van der Waals surface area contributed by atoms with Gasteiger partial charge in [0.25, 0.3) is 5.69 Å². The van der Waals surface area contributed by atoms with Crippen LogP contribution in [0.5, 0.6) is 5.75 Å². The predicted octanol–water partition coefficient (Wildman–Crippen LogP) is 3.45. The molecule has 2 rings (SSSR count). The van der Waals surface area contributed by atoms with Crippen LogP contribution in [0.3, 0.4) is 0 Å². The highest BCUT2D eigenvalue weighted by Crippen LogP contribution is 2.28. The van der Waals surface area contributed by atoms with Crippen LogP contribution in [-0.2, 0) is 4.79 Å². The third-order valence-corrected chi connectivity index (χ3v) is 3.35. The number of nitrogens with zero attached hydrogens (tertiary/aromatic N) is 1. The number of nitrogens with one attached hydrogen (secondary N) is 2. The van der Waals surface area contributed by atoms with Gasteiger partial charge in [-0.05, 0) is 24.3 Å². The fourth-order valence-electron chi connectivity index (χ4n) is 1.91. The average molecular weight is 354 g/mol. The Labute approximate surface area is 141 Å². The minimum absolute atomic E-state index is 0.0660. The molecule has 0 fully saturated rings. The van der Waals surface area contributed by atoms with Crippen LogP contribution in [0.15, 0.2) is 36.4 Å². The number of anilines is 2. The number of ether oxygens (including phenoxy) is 1. The lowest BCUT2D eigenvalue weighted by atomic mass is 10.2. The largest absolute Gasteiger partial charge is 0.495 e. The topological polar surface area (TPSA) is 93.5 Å². The summed E-state index contributed by atoms with van der Waals surface area (Å²) in [6.07, 6.45) is 0. The fourth-order valence-corrected chi connectivity index (χ4v) is 2.12. The first-order chi connectivity index (χ1) is 11.4. The number of hydrogen-bond donors (Lipinski definition) is 2. The number of carbonyl (C=O) groups excluding carboxylic acids is 1. The Kier molecular flexibility index (Phi) is 5.54. The molecule has 0 bridgehead atoms. The second-order valence-electron chi connectivity index (χ2n) is 4.67. The molecular weight excluding hydrogens is 341 g/mol. The number of nitro groups is 1. The Bertz CT molecular complexity index is 785. The van der Waals surface area contributed by atoms with Gasteiger partial charge in [-0.3, -0.25) is 14.9 Å². The smallest absolute Gasteiger partial charge is 0.271 e. The van der Waals surface area contributed by atoms with Crippen LogP contribution >= 0.6 is 11.6 Å². The fraction of sp³-hybridized carbons (Fsp3) is 0.133. The molecule has 0 aliphatic carbocycles. The summed E-state index contributed by atoms with van der Waals surface area (Å²) in [4.78, 5) is 22.2. The Morgan fingerprint density at radius 1 is 1.29 bits per heavy atom. The Balaban J connectivity index is 2.05. The van der Waals surface area contributed by atoms with Crippen molar-refractivity contribution in [2.24, 2.45) is 0 Å². The third kappa shape index (κ3) is 4.32. The van der Waals surface area contributed by atoms with Crippen molar-refractivity contribution in [3.05, 3.63) is 57.4 Å². The zero-order valence-corrected chi connectivity index (χ0v) is 13.3. The third-order valence-electron chi connectivity index (χ3n) is 3.04. The summed E-state index contributed by atoms with van der Waals surface area (Å²) >= 11 is 5.82. The summed E-state index contributed by atoms with van der Waals surface area (Å²) in [7, 11) is 1.41. The second-order valence-corrected chi connectivity index (χ2v) is 5.07. The van der Waals surface area contributed by atoms with Crippen molar-refractivity contribution < 1.29 is 18.8 Å². The van der Waals surface area contributed by atoms with Gasteiger partial charge in [0.05, 0.1) is 35.0 Å². The summed E-state index contributed by atoms with van der Waals surface area (Å²) in [5, 5.41) is 16.1. The highest BCUT2D eigenvalue weighted by Gasteiger charge is 2.13. The van der Waals surface area contributed by atoms with Crippen molar-refractivity contribution in [2.75, 3.05) is 24.3 Å². The summed E-state index contributed by atoms with van der Waals surface area (Å²) in [6, 6.07) is 7.56. The Hall–Kier alpha value is -2.87. The molecule has 0 unspecified atom stereocenters. The zero-order valence-electron chi connectivity index (χ0n) is 12.5. The van der Waals surface area contributed by atoms with Gasteiger partial charge in [-0.25, -0.2) is 4.39 Å². The molecule has 0 saturated carbocycles. The number of nitro benzene ring substituents is 1. The van der Waals surface area contributed by atoms with Crippen molar-refractivity contribution in [1.82, 2.24) is 0 Å². The molecule has 126 valence electrons. The first-order valence-electron chi connectivity index (χ1n) is 6.72. The molecule has 2 aromatic carbocycles. The summed E-state index contributed by atoms with van der Waals surface area (Å²) in [5.74, 6) is -0.622. The number of rotatable bonds is 6. The van der Waals surface area contributed by atoms with E-state index in [2.05, 4.69) is 10.6 Å². The van der Waals surface area contributed by atoms with Crippen LogP contribution < -0.4 is 15.4 Å². The SMILES string of the molecule is COc1ccc([N+](=O)[O-])cc1NCC(=O)Nc1ccc(F)cc1Cl. The van der Waals surface area contributed by atoms with Gasteiger partial charge in [-0.15, -0.1) is 0 Å². The summed E-state index contributed by atoms with van der Waals surface area (Å²) < 4.78 is 18.0. The number of halogens is 2. The van der Waals surface area contributed by atoms with E-state index in [1.54, 1.807) is 0 Å². The number of hydrogen-bond acceptors (Lipinski definition) is 5. The van der Waals surface area contributed by atoms with E-state index in [4.69, 9.17) is 16.3 Å². The molecule has 0 aliphatic rings. The molecule has 2 N–H and O–H groups in total. The van der Waals surface area contributed by atoms with E-state index in [1.807, 2.05) is 0 Å². The van der Waals surface area contributed by atoms with Gasteiger partial charge in [-0.2, -0.15) is 0 Å². The molecule has 24 heavy (non-hydrogen) atoms. The summed E-state index contributed by atoms with van der Waals surface area (Å²) in [5.41, 5.74) is 0.420. The number of non-ortho nitro benzene ring substituents is 1. The minimum Gasteiger partial charge on any atom is -0.495 e. The first-order valence-corrected chi connectivity index (χ1v) is 7.09. The maximum Gasteiger partial charge on any atom is 0.271 e. The molecule has 0 heterocycles. The highest BCUT2D eigenvalue weighted by molar-refractivity contribution is 6.33. The van der Waals surface area contributed by atoms with Crippen LogP contribution in [0.2, 0.25) is 5.02 Å². The molecule has 0 atom stereocenters. The van der Waals surface area contributed by atoms with Gasteiger partial charge in [0.1, 0.15) is 11.6 Å². The molecule has 0 spiro atoms. The van der Waals surface area contributed by atoms with Gasteiger partial charge in [0.15, 0.2) is 0 Å². The molecule has 9 heteroatoms. The average Bonchev–Trinajstić information content (AvgIpc) is 2.55. The van der Waals surface area contributed by atoms with Crippen molar-refractivity contribution in [1.29, 1.82) is 0 Å². The number of amides is 1. The van der Waals surface area contributed by atoms with Crippen LogP contribution in [0.25, 0.3) is 0 Å². The highest BCUT2D eigenvalue weighted by atomic mass is 35.5. The van der Waals surface area contributed by atoms with E-state index in [-0.39, 0.29) is 22.9 Å². The van der Waals surface area contributed by atoms with Gasteiger partial charge in [0, 0.05) is 12.1 Å². The lowest BCUT2D eigenvalue weighted by Gasteiger charge is -2.11. The van der Waals surface area contributed by atoms with Gasteiger partial charge in [0.2, 0.25) is 5.91 Å². The van der Waals surface area contributed by atoms with Crippen LogP contribution in [-0.4, -0.2) is 24.5 Å². The van der Waals surface area contributed by atoms with E-state index in [0.29, 0.717) is 11.4 Å². The maximum absolute atomic E-state index is 13.0. The van der Waals surface area contributed by atoms with Crippen molar-refractivity contribution in [3.8, 4) is 5.75 Å². The first kappa shape index (κ1) is 17.5. The number of methoxy groups -OCH3 is 1. The molecule has 0 saturated heterocycles. The molecule has 1 amide bonds. The van der Waals surface area contributed by atoms with Gasteiger partial charge >= 0.3 is 0 Å². The standard InChI is InChI=1S/C15H13ClFN3O4/c1-24-14-5-3-10(20(22)23)7-13(14)18-8-15(21)19-12-4-2-9(17)6-11(12)16/h2-7,18H,8H2,1H3,(H,19,21). The minimum atomic E-state index is -0.553. The predicted molar refractivity (Wildman–Crippen MR) is 88.2 cm³/mol. The zero-order chi connectivity index (χ0) is 17.7. The normalized spacial score (nSPS) is 10.1. The van der Waals surface area contributed by atoms with Crippen LogP contribution in [0.1, 0.15) is 0 Å². The second kappa shape index (κ2) is 7.60.